The van der Waals surface area contributed by atoms with Gasteiger partial charge in [0.25, 0.3) is 0 Å². The minimum Gasteiger partial charge on any atom is -0.457 e. The Bertz CT molecular complexity index is 1060. The molecular formula is C20H17NO5S. The van der Waals surface area contributed by atoms with Gasteiger partial charge < -0.3 is 9.47 Å². The molecule has 0 aliphatic carbocycles. The fourth-order valence-corrected chi connectivity index (χ4v) is 2.94. The summed E-state index contributed by atoms with van der Waals surface area (Å²) in [6, 6.07) is 16.1. The number of nitrogens with zero attached hydrogens (tertiary/aromatic N) is 1. The summed E-state index contributed by atoms with van der Waals surface area (Å²) in [5.41, 5.74) is 0.422. The van der Waals surface area contributed by atoms with Crippen LogP contribution in [0.4, 0.5) is 0 Å². The Hall–Kier alpha value is -3.19. The SMILES string of the molecule is CC(=O)c1cc(Oc2ccc(S(C)(=O)=O)cc2)cc(Oc2ccccn2)c1. The highest BCUT2D eigenvalue weighted by atomic mass is 32.2. The lowest BCUT2D eigenvalue weighted by atomic mass is 10.1. The lowest BCUT2D eigenvalue weighted by Crippen LogP contribution is -1.97. The summed E-state index contributed by atoms with van der Waals surface area (Å²) < 4.78 is 34.5. The van der Waals surface area contributed by atoms with Crippen molar-refractivity contribution in [2.24, 2.45) is 0 Å². The molecule has 0 saturated carbocycles. The molecule has 27 heavy (non-hydrogen) atoms. The Morgan fingerprint density at radius 3 is 2.11 bits per heavy atom. The van der Waals surface area contributed by atoms with Gasteiger partial charge in [0.05, 0.1) is 4.90 Å². The summed E-state index contributed by atoms with van der Waals surface area (Å²) in [7, 11) is -3.28. The third kappa shape index (κ3) is 4.92. The predicted molar refractivity (Wildman–Crippen MR) is 100 cm³/mol. The van der Waals surface area contributed by atoms with E-state index in [0.29, 0.717) is 28.7 Å². The first kappa shape index (κ1) is 18.6. The Morgan fingerprint density at radius 2 is 1.56 bits per heavy atom. The van der Waals surface area contributed by atoms with Crippen molar-refractivity contribution in [1.82, 2.24) is 4.98 Å². The van der Waals surface area contributed by atoms with Gasteiger partial charge in [-0.05, 0) is 49.4 Å². The number of hydrogen-bond donors (Lipinski definition) is 0. The fraction of sp³-hybridized carbons (Fsp3) is 0.100. The third-order valence-corrected chi connectivity index (χ3v) is 4.76. The average molecular weight is 383 g/mol. The van der Waals surface area contributed by atoms with E-state index in [9.17, 15) is 13.2 Å². The number of Topliss-reactive ketones (excluding diaryl/α,β-unsaturated/α-hetero) is 1. The molecule has 3 rings (SSSR count). The van der Waals surface area contributed by atoms with Gasteiger partial charge in [0.2, 0.25) is 5.88 Å². The molecule has 3 aromatic rings. The smallest absolute Gasteiger partial charge is 0.219 e. The maximum atomic E-state index is 11.8. The Labute approximate surface area is 157 Å². The molecule has 138 valence electrons. The van der Waals surface area contributed by atoms with Gasteiger partial charge in [0.15, 0.2) is 15.6 Å². The van der Waals surface area contributed by atoms with Gasteiger partial charge in [-0.1, -0.05) is 6.07 Å². The summed E-state index contributed by atoms with van der Waals surface area (Å²) in [6.07, 6.45) is 2.74. The van der Waals surface area contributed by atoms with E-state index in [1.807, 2.05) is 0 Å². The molecule has 1 heterocycles. The first-order chi connectivity index (χ1) is 12.8. The van der Waals surface area contributed by atoms with Crippen molar-refractivity contribution in [2.45, 2.75) is 11.8 Å². The van der Waals surface area contributed by atoms with Crippen molar-refractivity contribution in [3.05, 3.63) is 72.4 Å². The molecule has 0 aliphatic heterocycles. The summed E-state index contributed by atoms with van der Waals surface area (Å²) in [6.45, 7) is 1.45. The molecule has 0 amide bonds. The van der Waals surface area contributed by atoms with Crippen LogP contribution in [0.1, 0.15) is 17.3 Å². The number of carbonyl (C=O) groups is 1. The van der Waals surface area contributed by atoms with Crippen molar-refractivity contribution in [1.29, 1.82) is 0 Å². The molecule has 0 bridgehead atoms. The number of hydrogen-bond acceptors (Lipinski definition) is 6. The van der Waals surface area contributed by atoms with E-state index in [1.54, 1.807) is 54.7 Å². The number of ketones is 1. The van der Waals surface area contributed by atoms with Crippen LogP contribution < -0.4 is 9.47 Å². The van der Waals surface area contributed by atoms with Crippen LogP contribution >= 0.6 is 0 Å². The summed E-state index contributed by atoms with van der Waals surface area (Å²) in [5, 5.41) is 0. The van der Waals surface area contributed by atoms with Crippen LogP contribution in [0.25, 0.3) is 0 Å². The average Bonchev–Trinajstić information content (AvgIpc) is 2.62. The lowest BCUT2D eigenvalue weighted by molar-refractivity contribution is 0.101. The van der Waals surface area contributed by atoms with E-state index in [2.05, 4.69) is 4.98 Å². The molecule has 0 saturated heterocycles. The molecule has 6 nitrogen and oxygen atoms in total. The Balaban J connectivity index is 1.89. The highest BCUT2D eigenvalue weighted by Gasteiger charge is 2.10. The van der Waals surface area contributed by atoms with Gasteiger partial charge in [-0.2, -0.15) is 0 Å². The van der Waals surface area contributed by atoms with E-state index in [-0.39, 0.29) is 10.7 Å². The molecule has 2 aromatic carbocycles. The third-order valence-electron chi connectivity index (χ3n) is 3.63. The summed E-state index contributed by atoms with van der Waals surface area (Å²) in [5.74, 6) is 1.48. The normalized spacial score (nSPS) is 11.0. The zero-order valence-corrected chi connectivity index (χ0v) is 15.6. The zero-order valence-electron chi connectivity index (χ0n) is 14.7. The van der Waals surface area contributed by atoms with Crippen molar-refractivity contribution in [2.75, 3.05) is 6.26 Å². The van der Waals surface area contributed by atoms with Crippen molar-refractivity contribution in [3.8, 4) is 23.1 Å². The maximum Gasteiger partial charge on any atom is 0.219 e. The van der Waals surface area contributed by atoms with E-state index in [0.717, 1.165) is 6.26 Å². The largest absolute Gasteiger partial charge is 0.457 e. The number of rotatable bonds is 6. The monoisotopic (exact) mass is 383 g/mol. The van der Waals surface area contributed by atoms with Crippen LogP contribution in [0.3, 0.4) is 0 Å². The molecule has 1 aromatic heterocycles. The van der Waals surface area contributed by atoms with Gasteiger partial charge in [-0.15, -0.1) is 0 Å². The van der Waals surface area contributed by atoms with Gasteiger partial charge in [-0.3, -0.25) is 4.79 Å². The quantitative estimate of drug-likeness (QED) is 0.591. The second-order valence-electron chi connectivity index (χ2n) is 5.86. The van der Waals surface area contributed by atoms with Crippen molar-refractivity contribution in [3.63, 3.8) is 0 Å². The number of pyridine rings is 1. The van der Waals surface area contributed by atoms with Gasteiger partial charge in [0, 0.05) is 30.1 Å². The Morgan fingerprint density at radius 1 is 0.889 bits per heavy atom. The molecule has 0 atom stereocenters. The topological polar surface area (TPSA) is 82.6 Å². The number of ether oxygens (including phenoxy) is 2. The summed E-state index contributed by atoms with van der Waals surface area (Å²) >= 11 is 0. The van der Waals surface area contributed by atoms with E-state index < -0.39 is 9.84 Å². The van der Waals surface area contributed by atoms with Crippen LogP contribution in [0.15, 0.2) is 71.8 Å². The minimum atomic E-state index is -3.28. The number of carbonyl (C=O) groups excluding carboxylic acids is 1. The van der Waals surface area contributed by atoms with Gasteiger partial charge in [0.1, 0.15) is 17.2 Å². The first-order valence-corrected chi connectivity index (χ1v) is 9.93. The second kappa shape index (κ2) is 7.59. The molecule has 0 N–H and O–H groups in total. The van der Waals surface area contributed by atoms with Crippen LogP contribution in [0, 0.1) is 0 Å². The molecule has 0 radical (unpaired) electrons. The van der Waals surface area contributed by atoms with Crippen molar-refractivity contribution >= 4 is 15.6 Å². The van der Waals surface area contributed by atoms with E-state index in [1.165, 1.54) is 19.1 Å². The summed E-state index contributed by atoms with van der Waals surface area (Å²) in [4.78, 5) is 16.1. The number of benzene rings is 2. The van der Waals surface area contributed by atoms with E-state index in [4.69, 9.17) is 9.47 Å². The minimum absolute atomic E-state index is 0.140. The van der Waals surface area contributed by atoms with E-state index >= 15 is 0 Å². The number of aromatic nitrogens is 1. The van der Waals surface area contributed by atoms with Crippen LogP contribution in [0.2, 0.25) is 0 Å². The molecule has 0 aliphatic rings. The first-order valence-electron chi connectivity index (χ1n) is 8.04. The molecule has 0 fully saturated rings. The highest BCUT2D eigenvalue weighted by Crippen LogP contribution is 2.30. The zero-order chi connectivity index (χ0) is 19.4. The maximum absolute atomic E-state index is 11.8. The Kier molecular flexibility index (Phi) is 5.23. The van der Waals surface area contributed by atoms with Gasteiger partial charge >= 0.3 is 0 Å². The molecule has 0 spiro atoms. The van der Waals surface area contributed by atoms with Gasteiger partial charge in [-0.25, -0.2) is 13.4 Å². The predicted octanol–water partition coefficient (Wildman–Crippen LogP) is 4.27. The molecule has 0 unspecified atom stereocenters. The van der Waals surface area contributed by atoms with Crippen LogP contribution in [-0.2, 0) is 9.84 Å². The molecule has 7 heteroatoms. The number of sulfone groups is 1. The van der Waals surface area contributed by atoms with Crippen LogP contribution in [-0.4, -0.2) is 25.4 Å². The lowest BCUT2D eigenvalue weighted by Gasteiger charge is -2.11. The van der Waals surface area contributed by atoms with Crippen molar-refractivity contribution < 1.29 is 22.7 Å². The highest BCUT2D eigenvalue weighted by molar-refractivity contribution is 7.90. The fourth-order valence-electron chi connectivity index (χ4n) is 2.31. The molecular weight excluding hydrogens is 366 g/mol. The second-order valence-corrected chi connectivity index (χ2v) is 7.88. The van der Waals surface area contributed by atoms with Crippen LogP contribution in [0.5, 0.6) is 23.1 Å². The standard InChI is InChI=1S/C20H17NO5S/c1-14(22)15-11-17(13-18(12-15)26-20-5-3-4-10-21-20)25-16-6-8-19(9-7-16)27(2,23)24/h3-13H,1-2H3.